The fraction of sp³-hybridized carbons (Fsp3) is 0.167. The van der Waals surface area contributed by atoms with Crippen molar-refractivity contribution in [1.29, 1.82) is 0 Å². The maximum absolute atomic E-state index is 9.93. The zero-order chi connectivity index (χ0) is 10.5. The van der Waals surface area contributed by atoms with Crippen molar-refractivity contribution in [3.8, 4) is 0 Å². The van der Waals surface area contributed by atoms with Gasteiger partial charge >= 0.3 is 0 Å². The van der Waals surface area contributed by atoms with E-state index in [-0.39, 0.29) is 0 Å². The molecule has 0 amide bonds. The molecule has 0 aliphatic carbocycles. The van der Waals surface area contributed by atoms with Gasteiger partial charge in [-0.1, -0.05) is 0 Å². The maximum atomic E-state index is 9.93. The smallest absolute Gasteiger partial charge is 0.0831 e. The molecule has 0 aliphatic heterocycles. The van der Waals surface area contributed by atoms with Crippen molar-refractivity contribution in [3.05, 3.63) is 60.2 Å². The fourth-order valence-corrected chi connectivity index (χ4v) is 1.45. The van der Waals surface area contributed by atoms with Crippen LogP contribution in [0.2, 0.25) is 0 Å². The summed E-state index contributed by atoms with van der Waals surface area (Å²) in [6.45, 7) is 0. The Morgan fingerprint density at radius 2 is 1.47 bits per heavy atom. The third-order valence-electron chi connectivity index (χ3n) is 2.27. The van der Waals surface area contributed by atoms with Crippen LogP contribution in [0, 0.1) is 0 Å². The highest BCUT2D eigenvalue weighted by atomic mass is 16.3. The Morgan fingerprint density at radius 1 is 0.933 bits per heavy atom. The molecule has 2 rings (SSSR count). The second kappa shape index (κ2) is 4.66. The summed E-state index contributed by atoms with van der Waals surface area (Å²) in [4.78, 5) is 7.85. The average molecular weight is 200 g/mol. The third kappa shape index (κ3) is 2.60. The van der Waals surface area contributed by atoms with Gasteiger partial charge in [-0.05, 0) is 35.4 Å². The number of hydrogen-bond donors (Lipinski definition) is 1. The Bertz CT molecular complexity index is 402. The minimum absolute atomic E-state index is 0.476. The molecule has 0 saturated carbocycles. The normalized spacial score (nSPS) is 12.3. The van der Waals surface area contributed by atoms with Gasteiger partial charge in [0.25, 0.3) is 0 Å². The molecule has 1 unspecified atom stereocenters. The number of aliphatic hydroxyl groups excluding tert-OH is 1. The van der Waals surface area contributed by atoms with Gasteiger partial charge in [-0.3, -0.25) is 9.97 Å². The van der Waals surface area contributed by atoms with Gasteiger partial charge in [-0.15, -0.1) is 0 Å². The summed E-state index contributed by atoms with van der Waals surface area (Å²) in [5, 5.41) is 9.93. The fourth-order valence-electron chi connectivity index (χ4n) is 1.45. The van der Waals surface area contributed by atoms with E-state index in [0.717, 1.165) is 11.1 Å². The standard InChI is InChI=1S/C12H12N2O/c15-12(11-3-7-14-8-4-11)9-10-1-5-13-6-2-10/h1-8,12,15H,9H2. The Balaban J connectivity index is 2.08. The van der Waals surface area contributed by atoms with E-state index in [9.17, 15) is 5.11 Å². The number of rotatable bonds is 3. The van der Waals surface area contributed by atoms with E-state index in [1.807, 2.05) is 24.3 Å². The summed E-state index contributed by atoms with van der Waals surface area (Å²) in [5.41, 5.74) is 1.97. The van der Waals surface area contributed by atoms with Gasteiger partial charge in [0.2, 0.25) is 0 Å². The van der Waals surface area contributed by atoms with Crippen molar-refractivity contribution >= 4 is 0 Å². The minimum atomic E-state index is -0.476. The van der Waals surface area contributed by atoms with E-state index in [4.69, 9.17) is 0 Å². The lowest BCUT2D eigenvalue weighted by molar-refractivity contribution is 0.178. The van der Waals surface area contributed by atoms with Crippen molar-refractivity contribution < 1.29 is 5.11 Å². The number of aliphatic hydroxyl groups is 1. The molecule has 0 aliphatic rings. The molecule has 0 saturated heterocycles. The third-order valence-corrected chi connectivity index (χ3v) is 2.27. The molecule has 0 fully saturated rings. The maximum Gasteiger partial charge on any atom is 0.0831 e. The van der Waals surface area contributed by atoms with E-state index in [1.54, 1.807) is 24.8 Å². The topological polar surface area (TPSA) is 46.0 Å². The lowest BCUT2D eigenvalue weighted by Gasteiger charge is -2.10. The predicted molar refractivity (Wildman–Crippen MR) is 57.1 cm³/mol. The molecule has 0 spiro atoms. The number of pyridine rings is 2. The molecule has 2 aromatic rings. The van der Waals surface area contributed by atoms with E-state index in [2.05, 4.69) is 9.97 Å². The molecule has 1 N–H and O–H groups in total. The first-order valence-corrected chi connectivity index (χ1v) is 4.83. The van der Waals surface area contributed by atoms with Crippen LogP contribution in [0.3, 0.4) is 0 Å². The molecule has 1 atom stereocenters. The summed E-state index contributed by atoms with van der Waals surface area (Å²) in [6.07, 6.45) is 6.96. The second-order valence-corrected chi connectivity index (χ2v) is 3.36. The van der Waals surface area contributed by atoms with Crippen LogP contribution in [0.25, 0.3) is 0 Å². The van der Waals surface area contributed by atoms with Gasteiger partial charge in [-0.2, -0.15) is 0 Å². The van der Waals surface area contributed by atoms with Gasteiger partial charge in [0.05, 0.1) is 6.10 Å². The molecule has 0 aromatic carbocycles. The Hall–Kier alpha value is -1.74. The number of hydrogen-bond acceptors (Lipinski definition) is 3. The number of aromatic nitrogens is 2. The highest BCUT2D eigenvalue weighted by Gasteiger charge is 2.07. The Morgan fingerprint density at radius 3 is 2.07 bits per heavy atom. The Labute approximate surface area is 88.5 Å². The first-order chi connectivity index (χ1) is 7.36. The van der Waals surface area contributed by atoms with E-state index < -0.39 is 6.10 Å². The van der Waals surface area contributed by atoms with Gasteiger partial charge in [0.1, 0.15) is 0 Å². The van der Waals surface area contributed by atoms with Crippen molar-refractivity contribution in [2.75, 3.05) is 0 Å². The molecule has 2 aromatic heterocycles. The molecule has 0 bridgehead atoms. The van der Waals surface area contributed by atoms with Crippen LogP contribution in [0.15, 0.2) is 49.1 Å². The molecule has 15 heavy (non-hydrogen) atoms. The van der Waals surface area contributed by atoms with Crippen LogP contribution in [0.1, 0.15) is 17.2 Å². The van der Waals surface area contributed by atoms with E-state index in [1.165, 1.54) is 0 Å². The van der Waals surface area contributed by atoms with Crippen LogP contribution < -0.4 is 0 Å². The first-order valence-electron chi connectivity index (χ1n) is 4.83. The second-order valence-electron chi connectivity index (χ2n) is 3.36. The summed E-state index contributed by atoms with van der Waals surface area (Å²) >= 11 is 0. The lowest BCUT2D eigenvalue weighted by Crippen LogP contribution is -2.01. The average Bonchev–Trinajstić information content (AvgIpc) is 2.31. The highest BCUT2D eigenvalue weighted by Crippen LogP contribution is 2.16. The van der Waals surface area contributed by atoms with Gasteiger partial charge in [-0.25, -0.2) is 0 Å². The van der Waals surface area contributed by atoms with Gasteiger partial charge in [0, 0.05) is 31.2 Å². The van der Waals surface area contributed by atoms with Crippen LogP contribution in [0.4, 0.5) is 0 Å². The summed E-state index contributed by atoms with van der Waals surface area (Å²) < 4.78 is 0. The van der Waals surface area contributed by atoms with Gasteiger partial charge in [0.15, 0.2) is 0 Å². The molecule has 76 valence electrons. The minimum Gasteiger partial charge on any atom is -0.388 e. The molecule has 3 heteroatoms. The van der Waals surface area contributed by atoms with Crippen LogP contribution in [0.5, 0.6) is 0 Å². The quantitative estimate of drug-likeness (QED) is 0.821. The SMILES string of the molecule is OC(Cc1ccncc1)c1ccncc1. The molecule has 0 radical (unpaired) electrons. The molecular weight excluding hydrogens is 188 g/mol. The zero-order valence-electron chi connectivity index (χ0n) is 8.24. The predicted octanol–water partition coefficient (Wildman–Crippen LogP) is 1.75. The van der Waals surface area contributed by atoms with E-state index in [0.29, 0.717) is 6.42 Å². The summed E-state index contributed by atoms with van der Waals surface area (Å²) in [5.74, 6) is 0. The van der Waals surface area contributed by atoms with Crippen molar-refractivity contribution in [2.24, 2.45) is 0 Å². The van der Waals surface area contributed by atoms with Gasteiger partial charge < -0.3 is 5.11 Å². The van der Waals surface area contributed by atoms with Crippen LogP contribution in [-0.2, 0) is 6.42 Å². The summed E-state index contributed by atoms with van der Waals surface area (Å²) in [7, 11) is 0. The number of nitrogens with zero attached hydrogens (tertiary/aromatic N) is 2. The van der Waals surface area contributed by atoms with Crippen LogP contribution >= 0.6 is 0 Å². The zero-order valence-corrected chi connectivity index (χ0v) is 8.24. The Kier molecular flexibility index (Phi) is 3.05. The van der Waals surface area contributed by atoms with Crippen molar-refractivity contribution in [2.45, 2.75) is 12.5 Å². The monoisotopic (exact) mass is 200 g/mol. The van der Waals surface area contributed by atoms with E-state index >= 15 is 0 Å². The summed E-state index contributed by atoms with van der Waals surface area (Å²) in [6, 6.07) is 7.46. The van der Waals surface area contributed by atoms with Crippen LogP contribution in [-0.4, -0.2) is 15.1 Å². The first kappa shape index (κ1) is 9.80. The molecule has 2 heterocycles. The lowest BCUT2D eigenvalue weighted by atomic mass is 10.0. The van der Waals surface area contributed by atoms with Crippen molar-refractivity contribution in [1.82, 2.24) is 9.97 Å². The highest BCUT2D eigenvalue weighted by molar-refractivity contribution is 5.18. The largest absolute Gasteiger partial charge is 0.388 e. The molecule has 3 nitrogen and oxygen atoms in total. The molecular formula is C12H12N2O. The van der Waals surface area contributed by atoms with Crippen molar-refractivity contribution in [3.63, 3.8) is 0 Å².